The third-order valence-electron chi connectivity index (χ3n) is 4.90. The second-order valence-electron chi connectivity index (χ2n) is 7.44. The van der Waals surface area contributed by atoms with E-state index in [1.54, 1.807) is 47.3 Å². The van der Waals surface area contributed by atoms with Crippen LogP contribution in [-0.4, -0.2) is 26.6 Å². The largest absolute Gasteiger partial charge is 0.426 e. The molecule has 0 radical (unpaired) electrons. The van der Waals surface area contributed by atoms with Gasteiger partial charge in [0.1, 0.15) is 5.75 Å². The fourth-order valence-corrected chi connectivity index (χ4v) is 3.37. The maximum absolute atomic E-state index is 12.7. The van der Waals surface area contributed by atoms with E-state index in [1.807, 2.05) is 30.3 Å². The van der Waals surface area contributed by atoms with Gasteiger partial charge in [0.05, 0.1) is 22.7 Å². The van der Waals surface area contributed by atoms with Crippen molar-refractivity contribution in [3.8, 4) is 22.7 Å². The van der Waals surface area contributed by atoms with E-state index in [9.17, 15) is 19.7 Å². The van der Waals surface area contributed by atoms with Crippen LogP contribution in [-0.2, 0) is 16.0 Å². The number of hydrogen-bond acceptors (Lipinski definition) is 6. The third-order valence-corrected chi connectivity index (χ3v) is 4.90. The Labute approximate surface area is 194 Å². The predicted octanol–water partition coefficient (Wildman–Crippen LogP) is 4.55. The van der Waals surface area contributed by atoms with Crippen molar-refractivity contribution < 1.29 is 19.2 Å². The van der Waals surface area contributed by atoms with Crippen LogP contribution in [0.15, 0.2) is 85.1 Å². The molecular weight excluding hydrogens is 436 g/mol. The SMILES string of the molecule is CC(=O)Nc1ccc(OC(=O)Cc2cn(-c3ccccc3)nc2-c2ccc([N+](=O)[O-])cc2)cc1. The molecule has 1 aromatic heterocycles. The van der Waals surface area contributed by atoms with Gasteiger partial charge in [0, 0.05) is 42.1 Å². The molecule has 0 fully saturated rings. The van der Waals surface area contributed by atoms with Gasteiger partial charge in [0.25, 0.3) is 5.69 Å². The van der Waals surface area contributed by atoms with Crippen LogP contribution >= 0.6 is 0 Å². The number of para-hydroxylation sites is 1. The summed E-state index contributed by atoms with van der Waals surface area (Å²) in [5.74, 6) is -0.353. The number of amides is 1. The average Bonchev–Trinajstić information content (AvgIpc) is 3.24. The van der Waals surface area contributed by atoms with Gasteiger partial charge in [0.2, 0.25) is 5.91 Å². The van der Waals surface area contributed by atoms with E-state index in [0.717, 1.165) is 5.69 Å². The number of carbonyl (C=O) groups is 2. The van der Waals surface area contributed by atoms with Crippen LogP contribution in [0.2, 0.25) is 0 Å². The number of benzene rings is 3. The van der Waals surface area contributed by atoms with E-state index in [0.29, 0.717) is 28.3 Å². The summed E-state index contributed by atoms with van der Waals surface area (Å²) in [5, 5.41) is 18.3. The molecule has 0 aliphatic heterocycles. The Hall–Kier alpha value is -4.79. The highest BCUT2D eigenvalue weighted by atomic mass is 16.6. The number of non-ortho nitro benzene ring substituents is 1. The Balaban J connectivity index is 1.59. The Bertz CT molecular complexity index is 1330. The van der Waals surface area contributed by atoms with E-state index in [1.165, 1.54) is 19.1 Å². The summed E-state index contributed by atoms with van der Waals surface area (Å²) in [6, 6.07) is 21.9. The Morgan fingerprint density at radius 3 is 2.29 bits per heavy atom. The molecule has 1 amide bonds. The summed E-state index contributed by atoms with van der Waals surface area (Å²) in [5.41, 5.74) is 3.14. The van der Waals surface area contributed by atoms with Crippen molar-refractivity contribution in [2.45, 2.75) is 13.3 Å². The number of nitro benzene ring substituents is 1. The molecule has 0 atom stereocenters. The second-order valence-corrected chi connectivity index (χ2v) is 7.44. The van der Waals surface area contributed by atoms with Crippen LogP contribution in [0, 0.1) is 10.1 Å². The van der Waals surface area contributed by atoms with E-state index in [2.05, 4.69) is 10.4 Å². The molecular formula is C25H20N4O5. The predicted molar refractivity (Wildman–Crippen MR) is 126 cm³/mol. The van der Waals surface area contributed by atoms with Crippen molar-refractivity contribution in [3.05, 3.63) is 101 Å². The summed E-state index contributed by atoms with van der Waals surface area (Å²) in [6.07, 6.45) is 1.68. The molecule has 1 N–H and O–H groups in total. The highest BCUT2D eigenvalue weighted by Crippen LogP contribution is 2.27. The lowest BCUT2D eigenvalue weighted by Crippen LogP contribution is -2.11. The monoisotopic (exact) mass is 456 g/mol. The quantitative estimate of drug-likeness (QED) is 0.189. The number of hydrogen-bond donors (Lipinski definition) is 1. The molecule has 9 heteroatoms. The van der Waals surface area contributed by atoms with Crippen LogP contribution in [0.3, 0.4) is 0 Å². The zero-order chi connectivity index (χ0) is 24.1. The number of carbonyl (C=O) groups excluding carboxylic acids is 2. The fourth-order valence-electron chi connectivity index (χ4n) is 3.37. The van der Waals surface area contributed by atoms with Crippen molar-refractivity contribution >= 4 is 23.3 Å². The van der Waals surface area contributed by atoms with Gasteiger partial charge in [-0.25, -0.2) is 4.68 Å². The Morgan fingerprint density at radius 2 is 1.68 bits per heavy atom. The molecule has 4 aromatic rings. The molecule has 0 aliphatic carbocycles. The van der Waals surface area contributed by atoms with Gasteiger partial charge in [-0.2, -0.15) is 5.10 Å². The van der Waals surface area contributed by atoms with Gasteiger partial charge in [-0.05, 0) is 48.5 Å². The molecule has 0 saturated carbocycles. The Kier molecular flexibility index (Phi) is 6.45. The fraction of sp³-hybridized carbons (Fsp3) is 0.0800. The molecule has 34 heavy (non-hydrogen) atoms. The lowest BCUT2D eigenvalue weighted by atomic mass is 10.1. The number of esters is 1. The first-order valence-corrected chi connectivity index (χ1v) is 10.4. The number of aromatic nitrogens is 2. The van der Waals surface area contributed by atoms with Crippen molar-refractivity contribution in [2.75, 3.05) is 5.32 Å². The maximum atomic E-state index is 12.7. The minimum absolute atomic E-state index is 0.0325. The molecule has 9 nitrogen and oxygen atoms in total. The molecule has 0 aliphatic rings. The molecule has 4 rings (SSSR count). The van der Waals surface area contributed by atoms with Gasteiger partial charge in [-0.15, -0.1) is 0 Å². The number of nitrogens with one attached hydrogen (secondary N) is 1. The van der Waals surface area contributed by atoms with Crippen molar-refractivity contribution in [1.82, 2.24) is 9.78 Å². The summed E-state index contributed by atoms with van der Waals surface area (Å²) in [6.45, 7) is 1.41. The third kappa shape index (κ3) is 5.33. The molecule has 170 valence electrons. The van der Waals surface area contributed by atoms with Gasteiger partial charge in [-0.3, -0.25) is 19.7 Å². The van der Waals surface area contributed by atoms with E-state index in [-0.39, 0.29) is 18.0 Å². The van der Waals surface area contributed by atoms with E-state index >= 15 is 0 Å². The molecule has 0 bridgehead atoms. The zero-order valence-electron chi connectivity index (χ0n) is 18.2. The van der Waals surface area contributed by atoms with Crippen molar-refractivity contribution in [3.63, 3.8) is 0 Å². The number of nitrogens with zero attached hydrogens (tertiary/aromatic N) is 3. The summed E-state index contributed by atoms with van der Waals surface area (Å²) < 4.78 is 7.11. The van der Waals surface area contributed by atoms with Gasteiger partial charge < -0.3 is 10.1 Å². The molecule has 0 saturated heterocycles. The normalized spacial score (nSPS) is 10.5. The van der Waals surface area contributed by atoms with E-state index < -0.39 is 10.9 Å². The smallest absolute Gasteiger partial charge is 0.315 e. The number of ether oxygens (including phenoxy) is 1. The maximum Gasteiger partial charge on any atom is 0.315 e. The van der Waals surface area contributed by atoms with Crippen LogP contribution in [0.25, 0.3) is 16.9 Å². The average molecular weight is 456 g/mol. The Morgan fingerprint density at radius 1 is 1.00 bits per heavy atom. The lowest BCUT2D eigenvalue weighted by molar-refractivity contribution is -0.384. The molecule has 3 aromatic carbocycles. The lowest BCUT2D eigenvalue weighted by Gasteiger charge is -2.06. The number of rotatable bonds is 7. The topological polar surface area (TPSA) is 116 Å². The summed E-state index contributed by atoms with van der Waals surface area (Å²) in [7, 11) is 0. The van der Waals surface area contributed by atoms with Crippen molar-refractivity contribution in [1.29, 1.82) is 0 Å². The van der Waals surface area contributed by atoms with E-state index in [4.69, 9.17) is 4.74 Å². The molecule has 0 unspecified atom stereocenters. The summed E-state index contributed by atoms with van der Waals surface area (Å²) >= 11 is 0. The highest BCUT2D eigenvalue weighted by molar-refractivity contribution is 5.88. The molecule has 1 heterocycles. The summed E-state index contributed by atoms with van der Waals surface area (Å²) in [4.78, 5) is 34.4. The zero-order valence-corrected chi connectivity index (χ0v) is 18.2. The first-order chi connectivity index (χ1) is 16.4. The first-order valence-electron chi connectivity index (χ1n) is 10.4. The first kappa shape index (κ1) is 22.4. The van der Waals surface area contributed by atoms with Gasteiger partial charge >= 0.3 is 5.97 Å². The van der Waals surface area contributed by atoms with Crippen LogP contribution in [0.5, 0.6) is 5.75 Å². The number of nitro groups is 1. The van der Waals surface area contributed by atoms with Crippen LogP contribution in [0.4, 0.5) is 11.4 Å². The minimum atomic E-state index is -0.497. The van der Waals surface area contributed by atoms with Crippen molar-refractivity contribution in [2.24, 2.45) is 0 Å². The highest BCUT2D eigenvalue weighted by Gasteiger charge is 2.18. The minimum Gasteiger partial charge on any atom is -0.426 e. The standard InChI is InChI=1S/C25H20N4O5/c1-17(30)26-20-9-13-23(14-10-20)34-24(31)15-19-16-28(21-5-3-2-4-6-21)27-25(19)18-7-11-22(12-8-18)29(32)33/h2-14,16H,15H2,1H3,(H,26,30). The van der Waals surface area contributed by atoms with Gasteiger partial charge in [0.15, 0.2) is 0 Å². The molecule has 0 spiro atoms. The van der Waals surface area contributed by atoms with Gasteiger partial charge in [-0.1, -0.05) is 18.2 Å². The number of anilines is 1. The second kappa shape index (κ2) is 9.78. The van der Waals surface area contributed by atoms with Crippen LogP contribution in [0.1, 0.15) is 12.5 Å². The van der Waals surface area contributed by atoms with Crippen LogP contribution < -0.4 is 10.1 Å².